The molecule has 0 bridgehead atoms. The minimum absolute atomic E-state index is 0.280. The summed E-state index contributed by atoms with van der Waals surface area (Å²) in [6.07, 6.45) is 7.94. The highest BCUT2D eigenvalue weighted by Gasteiger charge is 2.36. The van der Waals surface area contributed by atoms with E-state index in [9.17, 15) is 0 Å². The van der Waals surface area contributed by atoms with Crippen LogP contribution in [0.1, 0.15) is 46.5 Å². The summed E-state index contributed by atoms with van der Waals surface area (Å²) in [7, 11) is 0. The first-order valence-corrected chi connectivity index (χ1v) is 7.11. The van der Waals surface area contributed by atoms with Crippen LogP contribution in [0.4, 0.5) is 0 Å². The number of hydrogen-bond acceptors (Lipinski definition) is 2. The van der Waals surface area contributed by atoms with Gasteiger partial charge in [-0.05, 0) is 57.5 Å². The number of hydrogen-bond donors (Lipinski definition) is 1. The average Bonchev–Trinajstić information content (AvgIpc) is 2.00. The third-order valence-electron chi connectivity index (χ3n) is 3.24. The molecule has 0 aliphatic heterocycles. The maximum atomic E-state index is 3.66. The zero-order valence-electron chi connectivity index (χ0n) is 10.2. The van der Waals surface area contributed by atoms with E-state index in [1.807, 2.05) is 11.8 Å². The van der Waals surface area contributed by atoms with Crippen molar-refractivity contribution < 1.29 is 0 Å². The predicted octanol–water partition coefficient (Wildman–Crippen LogP) is 3.30. The van der Waals surface area contributed by atoms with Crippen molar-refractivity contribution in [3.05, 3.63) is 0 Å². The fourth-order valence-electron chi connectivity index (χ4n) is 1.96. The van der Waals surface area contributed by atoms with Crippen LogP contribution in [-0.2, 0) is 0 Å². The Kier molecular flexibility index (Phi) is 4.32. The van der Waals surface area contributed by atoms with Crippen molar-refractivity contribution in [1.82, 2.24) is 5.32 Å². The molecule has 0 aromatic heterocycles. The lowest BCUT2D eigenvalue weighted by atomic mass is 9.67. The molecule has 0 radical (unpaired) electrons. The summed E-state index contributed by atoms with van der Waals surface area (Å²) in [4.78, 5) is 0. The second-order valence-electron chi connectivity index (χ2n) is 5.70. The van der Waals surface area contributed by atoms with Crippen molar-refractivity contribution in [3.63, 3.8) is 0 Å². The van der Waals surface area contributed by atoms with Gasteiger partial charge in [0, 0.05) is 12.1 Å². The van der Waals surface area contributed by atoms with Gasteiger partial charge in [-0.2, -0.15) is 11.8 Å². The number of nitrogens with one attached hydrogen (secondary N) is 1. The Balaban J connectivity index is 2.30. The minimum atomic E-state index is 0.280. The van der Waals surface area contributed by atoms with Crippen molar-refractivity contribution in [2.75, 3.05) is 18.6 Å². The van der Waals surface area contributed by atoms with Gasteiger partial charge in [-0.15, -0.1) is 0 Å². The molecule has 0 aromatic rings. The summed E-state index contributed by atoms with van der Waals surface area (Å²) < 4.78 is 0. The van der Waals surface area contributed by atoms with Crippen molar-refractivity contribution in [3.8, 4) is 0 Å². The first kappa shape index (κ1) is 12.4. The first-order valence-electron chi connectivity index (χ1n) is 5.71. The van der Waals surface area contributed by atoms with E-state index in [0.717, 1.165) is 0 Å². The second kappa shape index (κ2) is 4.89. The molecule has 1 fully saturated rings. The quantitative estimate of drug-likeness (QED) is 0.755. The molecule has 1 N–H and O–H groups in total. The Morgan fingerprint density at radius 2 is 1.93 bits per heavy atom. The van der Waals surface area contributed by atoms with Gasteiger partial charge < -0.3 is 5.32 Å². The van der Waals surface area contributed by atoms with Crippen molar-refractivity contribution in [2.24, 2.45) is 5.41 Å². The molecule has 0 heterocycles. The molecule has 0 atom stereocenters. The highest BCUT2D eigenvalue weighted by molar-refractivity contribution is 7.98. The molecule has 1 rings (SSSR count). The molecule has 2 heteroatoms. The van der Waals surface area contributed by atoms with E-state index in [2.05, 4.69) is 32.3 Å². The van der Waals surface area contributed by atoms with Crippen LogP contribution in [0.25, 0.3) is 0 Å². The Hall–Kier alpha value is 0.310. The Bertz CT molecular complexity index is 168. The molecule has 1 saturated carbocycles. The molecule has 14 heavy (non-hydrogen) atoms. The summed E-state index contributed by atoms with van der Waals surface area (Å²) in [6.45, 7) is 7.99. The largest absolute Gasteiger partial charge is 0.312 e. The molecular weight excluding hydrogens is 190 g/mol. The van der Waals surface area contributed by atoms with Gasteiger partial charge in [0.2, 0.25) is 0 Å². The zero-order chi connectivity index (χ0) is 10.7. The van der Waals surface area contributed by atoms with Gasteiger partial charge in [-0.3, -0.25) is 0 Å². The van der Waals surface area contributed by atoms with E-state index in [0.29, 0.717) is 5.41 Å². The lowest BCUT2D eigenvalue weighted by molar-refractivity contribution is 0.114. The van der Waals surface area contributed by atoms with Gasteiger partial charge >= 0.3 is 0 Å². The van der Waals surface area contributed by atoms with Crippen molar-refractivity contribution >= 4 is 11.8 Å². The van der Waals surface area contributed by atoms with Gasteiger partial charge in [0.15, 0.2) is 0 Å². The van der Waals surface area contributed by atoms with E-state index < -0.39 is 0 Å². The molecule has 0 saturated heterocycles. The molecular formula is C12H25NS. The van der Waals surface area contributed by atoms with Crippen LogP contribution in [0.5, 0.6) is 0 Å². The van der Waals surface area contributed by atoms with Gasteiger partial charge in [0.25, 0.3) is 0 Å². The van der Waals surface area contributed by atoms with Gasteiger partial charge in [0.1, 0.15) is 0 Å². The number of thioether (sulfide) groups is 1. The maximum absolute atomic E-state index is 3.66. The molecule has 0 unspecified atom stereocenters. The highest BCUT2D eigenvalue weighted by Crippen LogP contribution is 2.44. The van der Waals surface area contributed by atoms with Gasteiger partial charge in [0.05, 0.1) is 0 Å². The zero-order valence-corrected chi connectivity index (χ0v) is 11.0. The normalized spacial score (nSPS) is 20.6. The fraction of sp³-hybridized carbons (Fsp3) is 1.00. The summed E-state index contributed by atoms with van der Waals surface area (Å²) in [6, 6.07) is 0. The van der Waals surface area contributed by atoms with Crippen LogP contribution < -0.4 is 5.32 Å². The monoisotopic (exact) mass is 215 g/mol. The molecule has 0 amide bonds. The van der Waals surface area contributed by atoms with Crippen LogP contribution in [0.3, 0.4) is 0 Å². The Labute approximate surface area is 93.4 Å². The van der Waals surface area contributed by atoms with E-state index >= 15 is 0 Å². The van der Waals surface area contributed by atoms with Crippen molar-refractivity contribution in [2.45, 2.75) is 52.0 Å². The van der Waals surface area contributed by atoms with Gasteiger partial charge in [-0.25, -0.2) is 0 Å². The second-order valence-corrected chi connectivity index (χ2v) is 6.69. The van der Waals surface area contributed by atoms with Crippen molar-refractivity contribution in [1.29, 1.82) is 0 Å². The third-order valence-corrected chi connectivity index (χ3v) is 3.86. The molecule has 1 nitrogen and oxygen atoms in total. The fourth-order valence-corrected chi connectivity index (χ4v) is 2.60. The summed E-state index contributed by atoms with van der Waals surface area (Å²) in [5.74, 6) is 1.33. The lowest BCUT2D eigenvalue weighted by Gasteiger charge is -2.44. The molecule has 1 aliphatic carbocycles. The van der Waals surface area contributed by atoms with Crippen LogP contribution in [-0.4, -0.2) is 24.1 Å². The van der Waals surface area contributed by atoms with E-state index in [1.54, 1.807) is 0 Å². The molecule has 0 aromatic carbocycles. The van der Waals surface area contributed by atoms with Crippen LogP contribution >= 0.6 is 11.8 Å². The van der Waals surface area contributed by atoms with E-state index in [4.69, 9.17) is 0 Å². The molecule has 1 aliphatic rings. The third kappa shape index (κ3) is 3.82. The predicted molar refractivity (Wildman–Crippen MR) is 67.0 cm³/mol. The standard InChI is InChI=1S/C12H25NS/c1-11(2,3)13-10-12(6-5-7-12)8-9-14-4/h13H,5-10H2,1-4H3. The molecule has 84 valence electrons. The summed E-state index contributed by atoms with van der Waals surface area (Å²) in [5, 5.41) is 3.66. The summed E-state index contributed by atoms with van der Waals surface area (Å²) >= 11 is 1.98. The minimum Gasteiger partial charge on any atom is -0.312 e. The number of rotatable bonds is 5. The Morgan fingerprint density at radius 3 is 2.29 bits per heavy atom. The van der Waals surface area contributed by atoms with Crippen LogP contribution in [0.2, 0.25) is 0 Å². The Morgan fingerprint density at radius 1 is 1.29 bits per heavy atom. The van der Waals surface area contributed by atoms with E-state index in [-0.39, 0.29) is 5.54 Å². The molecule has 0 spiro atoms. The lowest BCUT2D eigenvalue weighted by Crippen LogP contribution is -2.47. The first-order chi connectivity index (χ1) is 6.47. The average molecular weight is 215 g/mol. The smallest absolute Gasteiger partial charge is 0.00967 e. The topological polar surface area (TPSA) is 12.0 Å². The maximum Gasteiger partial charge on any atom is 0.00967 e. The highest BCUT2D eigenvalue weighted by atomic mass is 32.2. The van der Waals surface area contributed by atoms with Gasteiger partial charge in [-0.1, -0.05) is 6.42 Å². The summed E-state index contributed by atoms with van der Waals surface area (Å²) in [5.41, 5.74) is 0.929. The van der Waals surface area contributed by atoms with Crippen LogP contribution in [0.15, 0.2) is 0 Å². The van der Waals surface area contributed by atoms with Crippen LogP contribution in [0, 0.1) is 5.41 Å². The van der Waals surface area contributed by atoms with E-state index in [1.165, 1.54) is 38.0 Å². The SMILES string of the molecule is CSCCC1(CNC(C)(C)C)CCC1.